The lowest BCUT2D eigenvalue weighted by Gasteiger charge is -2.22. The number of amides is 1. The number of carbonyl (C=O) groups excluding carboxylic acids is 2. The molecular formula is C23H24FN3O3. The molecule has 4 rings (SSSR count). The molecule has 0 spiro atoms. The molecule has 0 atom stereocenters. The number of hydrogen-bond donors (Lipinski definition) is 1. The van der Waals surface area contributed by atoms with E-state index < -0.39 is 5.82 Å². The molecule has 30 heavy (non-hydrogen) atoms. The SMILES string of the molecule is CCC(=O)c1ccc(Cn2cc(C(=O)NC3CCOCC3)c3c(F)cccc32)cn1. The highest BCUT2D eigenvalue weighted by molar-refractivity contribution is 6.07. The van der Waals surface area contributed by atoms with E-state index >= 15 is 0 Å². The van der Waals surface area contributed by atoms with Gasteiger partial charge in [-0.1, -0.05) is 19.1 Å². The first-order chi connectivity index (χ1) is 14.6. The molecule has 0 aliphatic carbocycles. The van der Waals surface area contributed by atoms with Gasteiger partial charge in [0.25, 0.3) is 5.91 Å². The average molecular weight is 409 g/mol. The number of rotatable bonds is 6. The summed E-state index contributed by atoms with van der Waals surface area (Å²) in [6.45, 7) is 3.44. The second kappa shape index (κ2) is 8.75. The summed E-state index contributed by atoms with van der Waals surface area (Å²) in [7, 11) is 0. The molecule has 1 amide bonds. The molecule has 1 saturated heterocycles. The third-order valence-electron chi connectivity index (χ3n) is 5.44. The number of hydrogen-bond acceptors (Lipinski definition) is 4. The van der Waals surface area contributed by atoms with Gasteiger partial charge in [0.05, 0.1) is 11.1 Å². The van der Waals surface area contributed by atoms with Crippen LogP contribution in [0.25, 0.3) is 10.9 Å². The predicted octanol–water partition coefficient (Wildman–Crippen LogP) is 3.73. The topological polar surface area (TPSA) is 73.2 Å². The van der Waals surface area contributed by atoms with Gasteiger partial charge in [-0.3, -0.25) is 14.6 Å². The summed E-state index contributed by atoms with van der Waals surface area (Å²) < 4.78 is 21.8. The van der Waals surface area contributed by atoms with Crippen molar-refractivity contribution in [2.45, 2.75) is 38.8 Å². The van der Waals surface area contributed by atoms with Crippen LogP contribution in [0.4, 0.5) is 4.39 Å². The summed E-state index contributed by atoms with van der Waals surface area (Å²) in [4.78, 5) is 28.9. The van der Waals surface area contributed by atoms with E-state index in [1.165, 1.54) is 6.07 Å². The maximum absolute atomic E-state index is 14.7. The van der Waals surface area contributed by atoms with Crippen LogP contribution in [0.3, 0.4) is 0 Å². The van der Waals surface area contributed by atoms with Crippen molar-refractivity contribution >= 4 is 22.6 Å². The van der Waals surface area contributed by atoms with Crippen molar-refractivity contribution in [3.05, 3.63) is 65.4 Å². The van der Waals surface area contributed by atoms with Crippen LogP contribution in [-0.4, -0.2) is 40.5 Å². The van der Waals surface area contributed by atoms with Crippen LogP contribution in [0.5, 0.6) is 0 Å². The van der Waals surface area contributed by atoms with Crippen molar-refractivity contribution in [2.24, 2.45) is 0 Å². The van der Waals surface area contributed by atoms with Crippen molar-refractivity contribution in [3.8, 4) is 0 Å². The molecule has 0 unspecified atom stereocenters. The average Bonchev–Trinajstić information content (AvgIpc) is 3.14. The molecule has 1 aliphatic rings. The molecule has 3 aromatic rings. The number of fused-ring (bicyclic) bond motifs is 1. The number of halogens is 1. The summed E-state index contributed by atoms with van der Waals surface area (Å²) in [5, 5.41) is 3.32. The summed E-state index contributed by atoms with van der Waals surface area (Å²) >= 11 is 0. The highest BCUT2D eigenvalue weighted by Crippen LogP contribution is 2.26. The number of pyridine rings is 1. The molecule has 1 aliphatic heterocycles. The van der Waals surface area contributed by atoms with Gasteiger partial charge in [0, 0.05) is 50.0 Å². The molecule has 0 saturated carbocycles. The van der Waals surface area contributed by atoms with E-state index in [9.17, 15) is 14.0 Å². The van der Waals surface area contributed by atoms with Crippen LogP contribution in [-0.2, 0) is 11.3 Å². The largest absolute Gasteiger partial charge is 0.381 e. The zero-order chi connectivity index (χ0) is 21.1. The quantitative estimate of drug-likeness (QED) is 0.630. The highest BCUT2D eigenvalue weighted by Gasteiger charge is 2.22. The van der Waals surface area contributed by atoms with Gasteiger partial charge in [-0.2, -0.15) is 0 Å². The summed E-state index contributed by atoms with van der Waals surface area (Å²) in [5.74, 6) is -0.717. The lowest BCUT2D eigenvalue weighted by Crippen LogP contribution is -2.38. The van der Waals surface area contributed by atoms with Crippen LogP contribution in [0.2, 0.25) is 0 Å². The molecule has 2 aromatic heterocycles. The van der Waals surface area contributed by atoms with E-state index in [4.69, 9.17) is 4.74 Å². The van der Waals surface area contributed by atoms with Crippen molar-refractivity contribution in [3.63, 3.8) is 0 Å². The Balaban J connectivity index is 1.63. The predicted molar refractivity (Wildman–Crippen MR) is 111 cm³/mol. The molecular weight excluding hydrogens is 385 g/mol. The zero-order valence-electron chi connectivity index (χ0n) is 16.9. The van der Waals surface area contributed by atoms with E-state index in [2.05, 4.69) is 10.3 Å². The fourth-order valence-corrected chi connectivity index (χ4v) is 3.78. The van der Waals surface area contributed by atoms with Gasteiger partial charge >= 0.3 is 0 Å². The Morgan fingerprint density at radius 3 is 2.73 bits per heavy atom. The molecule has 7 heteroatoms. The Morgan fingerprint density at radius 1 is 1.23 bits per heavy atom. The van der Waals surface area contributed by atoms with Crippen molar-refractivity contribution < 1.29 is 18.7 Å². The van der Waals surface area contributed by atoms with Crippen molar-refractivity contribution in [2.75, 3.05) is 13.2 Å². The number of Topliss-reactive ketones (excluding diaryl/α,β-unsaturated/α-hetero) is 1. The summed E-state index contributed by atoms with van der Waals surface area (Å²) in [5.41, 5.74) is 2.25. The standard InChI is InChI=1S/C23H24FN3O3/c1-2-21(28)19-7-6-15(12-25-19)13-27-14-17(22-18(24)4-3-5-20(22)27)23(29)26-16-8-10-30-11-9-16/h3-7,12,14,16H,2,8-11,13H2,1H3,(H,26,29). The van der Waals surface area contributed by atoms with Crippen LogP contribution in [0.15, 0.2) is 42.7 Å². The zero-order valence-corrected chi connectivity index (χ0v) is 16.9. The Labute approximate surface area is 174 Å². The molecule has 0 radical (unpaired) electrons. The van der Waals surface area contributed by atoms with Crippen LogP contribution >= 0.6 is 0 Å². The molecule has 1 fully saturated rings. The van der Waals surface area contributed by atoms with E-state index in [0.717, 1.165) is 18.4 Å². The number of carbonyl (C=O) groups is 2. The lowest BCUT2D eigenvalue weighted by molar-refractivity contribution is 0.0697. The lowest BCUT2D eigenvalue weighted by atomic mass is 10.1. The molecule has 1 N–H and O–H groups in total. The second-order valence-electron chi connectivity index (χ2n) is 7.49. The first-order valence-corrected chi connectivity index (χ1v) is 10.2. The van der Waals surface area contributed by atoms with Gasteiger partial charge in [0.2, 0.25) is 0 Å². The Kier molecular flexibility index (Phi) is 5.90. The highest BCUT2D eigenvalue weighted by atomic mass is 19.1. The number of benzene rings is 1. The Hall–Kier alpha value is -3.06. The molecule has 3 heterocycles. The molecule has 156 valence electrons. The van der Waals surface area contributed by atoms with Gasteiger partial charge < -0.3 is 14.6 Å². The van der Waals surface area contributed by atoms with Gasteiger partial charge in [0.15, 0.2) is 5.78 Å². The third-order valence-corrected chi connectivity index (χ3v) is 5.44. The van der Waals surface area contributed by atoms with Gasteiger partial charge in [-0.15, -0.1) is 0 Å². The number of nitrogens with one attached hydrogen (secondary N) is 1. The Bertz CT molecular complexity index is 1070. The molecule has 6 nitrogen and oxygen atoms in total. The van der Waals surface area contributed by atoms with Crippen molar-refractivity contribution in [1.82, 2.24) is 14.9 Å². The van der Waals surface area contributed by atoms with E-state index in [1.54, 1.807) is 37.5 Å². The number of ether oxygens (including phenoxy) is 1. The fraction of sp³-hybridized carbons (Fsp3) is 0.348. The first kappa shape index (κ1) is 20.2. The smallest absolute Gasteiger partial charge is 0.253 e. The van der Waals surface area contributed by atoms with Gasteiger partial charge in [-0.05, 0) is 36.6 Å². The maximum atomic E-state index is 14.7. The number of aromatic nitrogens is 2. The monoisotopic (exact) mass is 409 g/mol. The van der Waals surface area contributed by atoms with Crippen LogP contribution in [0.1, 0.15) is 52.6 Å². The number of nitrogens with zero attached hydrogens (tertiary/aromatic N) is 2. The third kappa shape index (κ3) is 4.11. The van der Waals surface area contributed by atoms with Crippen LogP contribution < -0.4 is 5.32 Å². The van der Waals surface area contributed by atoms with E-state index in [1.807, 2.05) is 10.6 Å². The van der Waals surface area contributed by atoms with Crippen molar-refractivity contribution in [1.29, 1.82) is 0 Å². The second-order valence-corrected chi connectivity index (χ2v) is 7.49. The van der Waals surface area contributed by atoms with Gasteiger partial charge in [-0.25, -0.2) is 4.39 Å². The first-order valence-electron chi connectivity index (χ1n) is 10.2. The summed E-state index contributed by atoms with van der Waals surface area (Å²) in [6.07, 6.45) is 5.24. The maximum Gasteiger partial charge on any atom is 0.253 e. The Morgan fingerprint density at radius 2 is 2.03 bits per heavy atom. The van der Waals surface area contributed by atoms with E-state index in [-0.39, 0.29) is 17.7 Å². The minimum Gasteiger partial charge on any atom is -0.381 e. The summed E-state index contributed by atoms with van der Waals surface area (Å²) in [6, 6.07) is 8.37. The molecule has 0 bridgehead atoms. The number of ketones is 1. The minimum absolute atomic E-state index is 0.0119. The normalized spacial score (nSPS) is 14.7. The minimum atomic E-state index is -0.426. The van der Waals surface area contributed by atoms with Crippen LogP contribution in [0, 0.1) is 5.82 Å². The van der Waals surface area contributed by atoms with Gasteiger partial charge in [0.1, 0.15) is 11.5 Å². The fourth-order valence-electron chi connectivity index (χ4n) is 3.78. The molecule has 1 aromatic carbocycles. The van der Waals surface area contributed by atoms with E-state index in [0.29, 0.717) is 48.3 Å².